The molecule has 1 aromatic heterocycles. The standard InChI is InChI=1S/C26H36N6O4/c1-5-28-22(14-27)19(12-16-9-10-29-24(16)33)31-25(34)20(11-15(2)3)32-26(35)21-13-17-18(30-21)7-6-8-23(17)36-4/h6-8,13,15-16,19-20,22,28,30H,5,9-12H2,1-4H3,(H,29,33)(H,31,34)(H,32,35)/t16-,19?,20?,22?/m0/s1. The first-order chi connectivity index (χ1) is 17.3. The number of nitrogens with zero attached hydrogens (tertiary/aromatic N) is 1. The quantitative estimate of drug-likeness (QED) is 0.303. The summed E-state index contributed by atoms with van der Waals surface area (Å²) in [7, 11) is 1.57. The Morgan fingerprint density at radius 3 is 2.67 bits per heavy atom. The van der Waals surface area contributed by atoms with E-state index in [4.69, 9.17) is 4.74 Å². The molecule has 1 aliphatic heterocycles. The zero-order valence-electron chi connectivity index (χ0n) is 21.3. The highest BCUT2D eigenvalue weighted by atomic mass is 16.5. The van der Waals surface area contributed by atoms with E-state index in [1.807, 2.05) is 39.0 Å². The molecule has 0 radical (unpaired) electrons. The zero-order chi connectivity index (χ0) is 26.2. The maximum absolute atomic E-state index is 13.4. The molecule has 2 heterocycles. The Bertz CT molecular complexity index is 1120. The van der Waals surface area contributed by atoms with Crippen molar-refractivity contribution in [3.05, 3.63) is 30.0 Å². The van der Waals surface area contributed by atoms with Gasteiger partial charge in [-0.25, -0.2) is 0 Å². The number of amides is 3. The van der Waals surface area contributed by atoms with Crippen molar-refractivity contribution >= 4 is 28.6 Å². The number of nitrogens with one attached hydrogen (secondary N) is 5. The Hall–Kier alpha value is -3.58. The van der Waals surface area contributed by atoms with Gasteiger partial charge in [-0.2, -0.15) is 5.26 Å². The van der Waals surface area contributed by atoms with E-state index >= 15 is 0 Å². The van der Waals surface area contributed by atoms with Crippen LogP contribution in [0.2, 0.25) is 0 Å². The van der Waals surface area contributed by atoms with Crippen LogP contribution in [0, 0.1) is 23.2 Å². The van der Waals surface area contributed by atoms with Crippen LogP contribution in [-0.4, -0.2) is 61.0 Å². The molecule has 194 valence electrons. The second-order valence-corrected chi connectivity index (χ2v) is 9.55. The largest absolute Gasteiger partial charge is 0.496 e. The molecule has 0 aliphatic carbocycles. The highest BCUT2D eigenvalue weighted by Crippen LogP contribution is 2.26. The lowest BCUT2D eigenvalue weighted by Gasteiger charge is -2.28. The fourth-order valence-electron chi connectivity index (χ4n) is 4.60. The third kappa shape index (κ3) is 6.55. The van der Waals surface area contributed by atoms with Crippen molar-refractivity contribution in [2.75, 3.05) is 20.2 Å². The molecule has 10 nitrogen and oxygen atoms in total. The topological polar surface area (TPSA) is 148 Å². The van der Waals surface area contributed by atoms with Gasteiger partial charge in [0.25, 0.3) is 5.91 Å². The van der Waals surface area contributed by atoms with E-state index in [9.17, 15) is 19.6 Å². The van der Waals surface area contributed by atoms with Crippen LogP contribution in [0.1, 0.15) is 50.5 Å². The molecule has 5 N–H and O–H groups in total. The van der Waals surface area contributed by atoms with Gasteiger partial charge in [0, 0.05) is 23.4 Å². The minimum atomic E-state index is -0.813. The number of fused-ring (bicyclic) bond motifs is 1. The molecule has 0 bridgehead atoms. The molecule has 1 aromatic carbocycles. The summed E-state index contributed by atoms with van der Waals surface area (Å²) in [6, 6.07) is 7.34. The number of carbonyl (C=O) groups excluding carboxylic acids is 3. The first-order valence-corrected chi connectivity index (χ1v) is 12.4. The van der Waals surface area contributed by atoms with Gasteiger partial charge in [-0.05, 0) is 49.9 Å². The lowest BCUT2D eigenvalue weighted by atomic mass is 9.93. The van der Waals surface area contributed by atoms with Crippen LogP contribution in [0.15, 0.2) is 24.3 Å². The first-order valence-electron chi connectivity index (χ1n) is 12.4. The normalized spacial score (nSPS) is 17.8. The van der Waals surface area contributed by atoms with Gasteiger partial charge in [0.05, 0.1) is 19.2 Å². The summed E-state index contributed by atoms with van der Waals surface area (Å²) in [5, 5.41) is 22.2. The molecular weight excluding hydrogens is 460 g/mol. The molecule has 1 fully saturated rings. The van der Waals surface area contributed by atoms with Crippen LogP contribution >= 0.6 is 0 Å². The van der Waals surface area contributed by atoms with Crippen molar-refractivity contribution in [3.8, 4) is 11.8 Å². The molecule has 10 heteroatoms. The summed E-state index contributed by atoms with van der Waals surface area (Å²) in [4.78, 5) is 41.8. The predicted octanol–water partition coefficient (Wildman–Crippen LogP) is 1.83. The summed E-state index contributed by atoms with van der Waals surface area (Å²) < 4.78 is 5.37. The summed E-state index contributed by atoms with van der Waals surface area (Å²) >= 11 is 0. The summed E-state index contributed by atoms with van der Waals surface area (Å²) in [6.45, 7) is 6.94. The van der Waals surface area contributed by atoms with Crippen LogP contribution in [0.25, 0.3) is 10.9 Å². The SMILES string of the molecule is CCNC(C#N)C(C[C@@H]1CCNC1=O)NC(=O)C(CC(C)C)NC(=O)c1cc2c(OC)cccc2[nH]1. The van der Waals surface area contributed by atoms with Crippen molar-refractivity contribution in [1.82, 2.24) is 26.3 Å². The van der Waals surface area contributed by atoms with Gasteiger partial charge in [-0.3, -0.25) is 14.4 Å². The molecule has 3 amide bonds. The first kappa shape index (κ1) is 27.0. The fourth-order valence-corrected chi connectivity index (χ4v) is 4.60. The molecule has 0 spiro atoms. The Kier molecular flexibility index (Phi) is 9.31. The van der Waals surface area contributed by atoms with Gasteiger partial charge in [0.1, 0.15) is 23.5 Å². The number of hydrogen-bond donors (Lipinski definition) is 5. The van der Waals surface area contributed by atoms with E-state index in [2.05, 4.69) is 32.3 Å². The van der Waals surface area contributed by atoms with E-state index in [0.717, 1.165) is 10.9 Å². The van der Waals surface area contributed by atoms with Gasteiger partial charge in [-0.15, -0.1) is 0 Å². The number of likely N-dealkylation sites (N-methyl/N-ethyl adjacent to an activating group) is 1. The van der Waals surface area contributed by atoms with Crippen LogP contribution in [0.4, 0.5) is 0 Å². The Morgan fingerprint density at radius 2 is 2.06 bits per heavy atom. The lowest BCUT2D eigenvalue weighted by molar-refractivity contribution is -0.126. The van der Waals surface area contributed by atoms with Crippen molar-refractivity contribution in [2.45, 2.75) is 58.2 Å². The number of hydrogen-bond acceptors (Lipinski definition) is 6. The average Bonchev–Trinajstić information content (AvgIpc) is 3.47. The molecule has 4 atom stereocenters. The Morgan fingerprint density at radius 1 is 1.28 bits per heavy atom. The minimum Gasteiger partial charge on any atom is -0.496 e. The number of benzene rings is 1. The smallest absolute Gasteiger partial charge is 0.268 e. The molecule has 0 saturated carbocycles. The second kappa shape index (κ2) is 12.4. The second-order valence-electron chi connectivity index (χ2n) is 9.55. The summed E-state index contributed by atoms with van der Waals surface area (Å²) in [6.07, 6.45) is 1.41. The molecule has 1 saturated heterocycles. The van der Waals surface area contributed by atoms with Crippen molar-refractivity contribution in [2.24, 2.45) is 11.8 Å². The van der Waals surface area contributed by atoms with Gasteiger partial charge < -0.3 is 31.0 Å². The van der Waals surface area contributed by atoms with Gasteiger partial charge in [-0.1, -0.05) is 26.8 Å². The van der Waals surface area contributed by atoms with Crippen molar-refractivity contribution < 1.29 is 19.1 Å². The van der Waals surface area contributed by atoms with E-state index in [1.165, 1.54) is 0 Å². The number of rotatable bonds is 12. The number of methoxy groups -OCH3 is 1. The molecule has 2 aromatic rings. The number of nitriles is 1. The number of carbonyl (C=O) groups is 3. The third-order valence-electron chi connectivity index (χ3n) is 6.41. The minimum absolute atomic E-state index is 0.0660. The number of aromatic amines is 1. The van der Waals surface area contributed by atoms with Gasteiger partial charge >= 0.3 is 0 Å². The lowest BCUT2D eigenvalue weighted by Crippen LogP contribution is -2.56. The van der Waals surface area contributed by atoms with Gasteiger partial charge in [0.2, 0.25) is 11.8 Å². The van der Waals surface area contributed by atoms with Crippen LogP contribution < -0.4 is 26.0 Å². The van der Waals surface area contributed by atoms with E-state index < -0.39 is 24.0 Å². The predicted molar refractivity (Wildman–Crippen MR) is 136 cm³/mol. The third-order valence-corrected chi connectivity index (χ3v) is 6.41. The maximum Gasteiger partial charge on any atom is 0.268 e. The highest BCUT2D eigenvalue weighted by Gasteiger charge is 2.34. The molecule has 3 unspecified atom stereocenters. The average molecular weight is 497 g/mol. The zero-order valence-corrected chi connectivity index (χ0v) is 21.3. The molecular formula is C26H36N6O4. The number of ether oxygens (including phenoxy) is 1. The Balaban J connectivity index is 1.79. The number of aromatic nitrogens is 1. The van der Waals surface area contributed by atoms with Crippen LogP contribution in [0.3, 0.4) is 0 Å². The molecule has 3 rings (SSSR count). The molecule has 36 heavy (non-hydrogen) atoms. The van der Waals surface area contributed by atoms with E-state index in [-0.39, 0.29) is 23.7 Å². The van der Waals surface area contributed by atoms with Crippen LogP contribution in [0.5, 0.6) is 5.75 Å². The van der Waals surface area contributed by atoms with Gasteiger partial charge in [0.15, 0.2) is 0 Å². The Labute approximate surface area is 211 Å². The van der Waals surface area contributed by atoms with Crippen LogP contribution in [-0.2, 0) is 9.59 Å². The van der Waals surface area contributed by atoms with Crippen molar-refractivity contribution in [1.29, 1.82) is 5.26 Å². The highest BCUT2D eigenvalue weighted by molar-refractivity contribution is 6.01. The number of H-pyrrole nitrogens is 1. The van der Waals surface area contributed by atoms with E-state index in [1.54, 1.807) is 13.2 Å². The fraction of sp³-hybridized carbons (Fsp3) is 0.538. The van der Waals surface area contributed by atoms with E-state index in [0.29, 0.717) is 43.8 Å². The van der Waals surface area contributed by atoms with Crippen molar-refractivity contribution in [3.63, 3.8) is 0 Å². The monoisotopic (exact) mass is 496 g/mol. The summed E-state index contributed by atoms with van der Waals surface area (Å²) in [5.41, 5.74) is 1.07. The maximum atomic E-state index is 13.4. The summed E-state index contributed by atoms with van der Waals surface area (Å²) in [5.74, 6) is -0.364. The molecule has 1 aliphatic rings.